The summed E-state index contributed by atoms with van der Waals surface area (Å²) in [7, 11) is 0. The fourth-order valence-corrected chi connectivity index (χ4v) is 4.49. The highest BCUT2D eigenvalue weighted by molar-refractivity contribution is 7.11. The summed E-state index contributed by atoms with van der Waals surface area (Å²) in [6.45, 7) is 4.50. The number of hydrogen-bond acceptors (Lipinski definition) is 4. The van der Waals surface area contributed by atoms with Crippen LogP contribution in [0.5, 0.6) is 0 Å². The molecule has 3 nitrogen and oxygen atoms in total. The Morgan fingerprint density at radius 1 is 1.04 bits per heavy atom. The number of hydrogen-bond donors (Lipinski definition) is 0. The van der Waals surface area contributed by atoms with Gasteiger partial charge in [-0.25, -0.2) is 4.98 Å². The minimum absolute atomic E-state index is 0.726. The van der Waals surface area contributed by atoms with Crippen molar-refractivity contribution in [3.63, 3.8) is 0 Å². The zero-order chi connectivity index (χ0) is 15.5. The van der Waals surface area contributed by atoms with Crippen LogP contribution in [-0.4, -0.2) is 42.1 Å². The van der Waals surface area contributed by atoms with Crippen molar-refractivity contribution in [2.45, 2.75) is 25.3 Å². The SMILES string of the molecule is C1=C(c2cccs2)CCC(N2CCN(c3ccccn3)CC2)C1. The largest absolute Gasteiger partial charge is 0.354 e. The molecule has 2 aromatic rings. The number of anilines is 1. The second-order valence-electron chi connectivity index (χ2n) is 6.35. The van der Waals surface area contributed by atoms with E-state index in [2.05, 4.69) is 50.5 Å². The van der Waals surface area contributed by atoms with E-state index < -0.39 is 0 Å². The zero-order valence-corrected chi connectivity index (χ0v) is 14.2. The first-order chi connectivity index (χ1) is 11.4. The molecule has 2 aliphatic rings. The Hall–Kier alpha value is -1.65. The summed E-state index contributed by atoms with van der Waals surface area (Å²) in [5, 5.41) is 2.18. The van der Waals surface area contributed by atoms with Crippen molar-refractivity contribution in [2.75, 3.05) is 31.1 Å². The van der Waals surface area contributed by atoms with Gasteiger partial charge >= 0.3 is 0 Å². The number of piperazine rings is 1. The maximum Gasteiger partial charge on any atom is 0.128 e. The Morgan fingerprint density at radius 2 is 1.96 bits per heavy atom. The fraction of sp³-hybridized carbons (Fsp3) is 0.421. The molecule has 1 fully saturated rings. The third-order valence-corrected chi connectivity index (χ3v) is 5.97. The number of rotatable bonds is 3. The van der Waals surface area contributed by atoms with Crippen LogP contribution in [0.25, 0.3) is 5.57 Å². The molecule has 1 unspecified atom stereocenters. The first kappa shape index (κ1) is 14.9. The molecule has 0 amide bonds. The average molecular weight is 325 g/mol. The highest BCUT2D eigenvalue weighted by Crippen LogP contribution is 2.32. The van der Waals surface area contributed by atoms with Gasteiger partial charge < -0.3 is 4.90 Å². The lowest BCUT2D eigenvalue weighted by atomic mass is 9.93. The van der Waals surface area contributed by atoms with Gasteiger partial charge in [-0.3, -0.25) is 4.90 Å². The van der Waals surface area contributed by atoms with Crippen molar-refractivity contribution in [2.24, 2.45) is 0 Å². The molecule has 4 rings (SSSR count). The molecule has 2 aromatic heterocycles. The fourth-order valence-electron chi connectivity index (χ4n) is 3.69. The molecule has 120 valence electrons. The molecule has 4 heteroatoms. The summed E-state index contributed by atoms with van der Waals surface area (Å²) in [4.78, 5) is 11.0. The van der Waals surface area contributed by atoms with Gasteiger partial charge in [0.1, 0.15) is 5.82 Å². The second kappa shape index (κ2) is 6.85. The van der Waals surface area contributed by atoms with Gasteiger partial charge in [-0.2, -0.15) is 0 Å². The van der Waals surface area contributed by atoms with Crippen molar-refractivity contribution in [3.8, 4) is 0 Å². The van der Waals surface area contributed by atoms with Crippen LogP contribution in [0.1, 0.15) is 24.1 Å². The second-order valence-corrected chi connectivity index (χ2v) is 7.29. The first-order valence-corrected chi connectivity index (χ1v) is 9.41. The maximum absolute atomic E-state index is 4.48. The molecule has 0 saturated carbocycles. The lowest BCUT2D eigenvalue weighted by Crippen LogP contribution is -2.50. The monoisotopic (exact) mass is 325 g/mol. The summed E-state index contributed by atoms with van der Waals surface area (Å²) in [6.07, 6.45) is 8.10. The predicted molar refractivity (Wildman–Crippen MR) is 98.0 cm³/mol. The molecule has 23 heavy (non-hydrogen) atoms. The smallest absolute Gasteiger partial charge is 0.128 e. The lowest BCUT2D eigenvalue weighted by Gasteiger charge is -2.40. The van der Waals surface area contributed by atoms with Crippen molar-refractivity contribution in [1.29, 1.82) is 0 Å². The number of pyridine rings is 1. The Morgan fingerprint density at radius 3 is 2.61 bits per heavy atom. The Bertz CT molecular complexity index is 643. The van der Waals surface area contributed by atoms with Crippen LogP contribution < -0.4 is 4.90 Å². The standard InChI is InChI=1S/C19H23N3S/c1-2-10-20-19(5-1)22-13-11-21(12-14-22)17-8-6-16(7-9-17)18-4-3-15-23-18/h1-6,10,15,17H,7-9,11-14H2. The molecule has 0 aromatic carbocycles. The van der Waals surface area contributed by atoms with E-state index in [0.29, 0.717) is 0 Å². The minimum Gasteiger partial charge on any atom is -0.354 e. The Labute approximate surface area is 142 Å². The molecule has 1 aliphatic carbocycles. The number of allylic oxidation sites excluding steroid dienone is 1. The summed E-state index contributed by atoms with van der Waals surface area (Å²) < 4.78 is 0. The number of aromatic nitrogens is 1. The van der Waals surface area contributed by atoms with Gasteiger partial charge in [0.05, 0.1) is 0 Å². The van der Waals surface area contributed by atoms with E-state index in [0.717, 1.165) is 38.0 Å². The van der Waals surface area contributed by atoms with E-state index >= 15 is 0 Å². The number of nitrogens with zero attached hydrogens (tertiary/aromatic N) is 3. The molecule has 3 heterocycles. The molecule has 0 radical (unpaired) electrons. The van der Waals surface area contributed by atoms with Crippen LogP contribution >= 0.6 is 11.3 Å². The van der Waals surface area contributed by atoms with E-state index in [9.17, 15) is 0 Å². The van der Waals surface area contributed by atoms with Crippen LogP contribution in [0.3, 0.4) is 0 Å². The third-order valence-electron chi connectivity index (χ3n) is 5.02. The quantitative estimate of drug-likeness (QED) is 0.853. The van der Waals surface area contributed by atoms with Crippen LogP contribution in [0, 0.1) is 0 Å². The van der Waals surface area contributed by atoms with Gasteiger partial charge in [-0.1, -0.05) is 18.2 Å². The van der Waals surface area contributed by atoms with Crippen LogP contribution in [0.2, 0.25) is 0 Å². The van der Waals surface area contributed by atoms with Crippen LogP contribution in [-0.2, 0) is 0 Å². The van der Waals surface area contributed by atoms with Gasteiger partial charge in [0.2, 0.25) is 0 Å². The normalized spacial score (nSPS) is 22.9. The summed E-state index contributed by atoms with van der Waals surface area (Å²) >= 11 is 1.87. The van der Waals surface area contributed by atoms with Gasteiger partial charge in [-0.05, 0) is 48.4 Å². The first-order valence-electron chi connectivity index (χ1n) is 8.53. The lowest BCUT2D eigenvalue weighted by molar-refractivity contribution is 0.175. The molecule has 1 saturated heterocycles. The van der Waals surface area contributed by atoms with E-state index in [-0.39, 0.29) is 0 Å². The van der Waals surface area contributed by atoms with Crippen LogP contribution in [0.15, 0.2) is 48.0 Å². The van der Waals surface area contributed by atoms with Gasteiger partial charge in [0.25, 0.3) is 0 Å². The predicted octanol–water partition coefficient (Wildman–Crippen LogP) is 3.90. The molecule has 0 spiro atoms. The van der Waals surface area contributed by atoms with E-state index in [1.54, 1.807) is 5.57 Å². The minimum atomic E-state index is 0.726. The molecular weight excluding hydrogens is 302 g/mol. The molecule has 1 aliphatic heterocycles. The van der Waals surface area contributed by atoms with Gasteiger partial charge in [0, 0.05) is 43.3 Å². The molecular formula is C19H23N3S. The summed E-state index contributed by atoms with van der Waals surface area (Å²) in [5.41, 5.74) is 1.56. The van der Waals surface area contributed by atoms with Crippen molar-refractivity contribution in [3.05, 3.63) is 52.9 Å². The average Bonchev–Trinajstić information content (AvgIpc) is 3.18. The van der Waals surface area contributed by atoms with Gasteiger partial charge in [0.15, 0.2) is 0 Å². The molecule has 0 N–H and O–H groups in total. The number of thiophene rings is 1. The van der Waals surface area contributed by atoms with E-state index in [1.165, 1.54) is 24.1 Å². The van der Waals surface area contributed by atoms with Crippen molar-refractivity contribution < 1.29 is 0 Å². The molecule has 0 bridgehead atoms. The van der Waals surface area contributed by atoms with Crippen molar-refractivity contribution in [1.82, 2.24) is 9.88 Å². The summed E-state index contributed by atoms with van der Waals surface area (Å²) in [6, 6.07) is 11.3. The van der Waals surface area contributed by atoms with Crippen LogP contribution in [0.4, 0.5) is 5.82 Å². The Kier molecular flexibility index (Phi) is 4.44. The maximum atomic E-state index is 4.48. The van der Waals surface area contributed by atoms with Gasteiger partial charge in [-0.15, -0.1) is 11.3 Å². The van der Waals surface area contributed by atoms with E-state index in [4.69, 9.17) is 0 Å². The third kappa shape index (κ3) is 3.33. The highest BCUT2D eigenvalue weighted by atomic mass is 32.1. The summed E-state index contributed by atoms with van der Waals surface area (Å²) in [5.74, 6) is 1.12. The molecule has 1 atom stereocenters. The van der Waals surface area contributed by atoms with Crippen molar-refractivity contribution >= 4 is 22.7 Å². The van der Waals surface area contributed by atoms with E-state index in [1.807, 2.05) is 23.6 Å². The highest BCUT2D eigenvalue weighted by Gasteiger charge is 2.26. The zero-order valence-electron chi connectivity index (χ0n) is 13.4. The Balaban J connectivity index is 1.33. The topological polar surface area (TPSA) is 19.4 Å².